The summed E-state index contributed by atoms with van der Waals surface area (Å²) in [5.41, 5.74) is 3.14. The highest BCUT2D eigenvalue weighted by Gasteiger charge is 2.15. The van der Waals surface area contributed by atoms with Crippen LogP contribution in [0.15, 0.2) is 60.9 Å². The lowest BCUT2D eigenvalue weighted by atomic mass is 9.99. The lowest BCUT2D eigenvalue weighted by Gasteiger charge is -2.32. The van der Waals surface area contributed by atoms with Gasteiger partial charge in [0, 0.05) is 48.5 Å². The molecule has 0 aliphatic carbocycles. The van der Waals surface area contributed by atoms with Crippen LogP contribution in [0.2, 0.25) is 0 Å². The molecular formula is C23H27ClN4O. The Bertz CT molecular complexity index is 947. The minimum absolute atomic E-state index is 0. The normalized spacial score (nSPS) is 14.3. The first-order chi connectivity index (χ1) is 13.7. The fourth-order valence-corrected chi connectivity index (χ4v) is 3.67. The summed E-state index contributed by atoms with van der Waals surface area (Å²) < 4.78 is 0. The number of benzene rings is 2. The smallest absolute Gasteiger partial charge is 0.319 e. The van der Waals surface area contributed by atoms with Gasteiger partial charge in [-0.05, 0) is 48.6 Å². The monoisotopic (exact) mass is 410 g/mol. The fraction of sp³-hybridized carbons (Fsp3) is 0.304. The molecule has 29 heavy (non-hydrogen) atoms. The van der Waals surface area contributed by atoms with Gasteiger partial charge in [0.25, 0.3) is 0 Å². The van der Waals surface area contributed by atoms with E-state index in [0.29, 0.717) is 6.54 Å². The largest absolute Gasteiger partial charge is 0.372 e. The molecule has 5 nitrogen and oxygen atoms in total. The molecule has 3 aromatic rings. The Morgan fingerprint density at radius 1 is 1.10 bits per heavy atom. The number of nitrogens with one attached hydrogen (secondary N) is 2. The van der Waals surface area contributed by atoms with Crippen LogP contribution in [0.3, 0.4) is 0 Å². The van der Waals surface area contributed by atoms with Gasteiger partial charge in [0.05, 0.1) is 5.69 Å². The van der Waals surface area contributed by atoms with Gasteiger partial charge >= 0.3 is 6.03 Å². The van der Waals surface area contributed by atoms with Gasteiger partial charge < -0.3 is 15.5 Å². The maximum absolute atomic E-state index is 12.3. The van der Waals surface area contributed by atoms with Crippen LogP contribution in [-0.2, 0) is 6.54 Å². The summed E-state index contributed by atoms with van der Waals surface area (Å²) in [4.78, 5) is 18.9. The summed E-state index contributed by atoms with van der Waals surface area (Å²) in [5.74, 6) is 0.830. The molecule has 1 saturated heterocycles. The van der Waals surface area contributed by atoms with Crippen molar-refractivity contribution < 1.29 is 4.79 Å². The van der Waals surface area contributed by atoms with Gasteiger partial charge in [-0.3, -0.25) is 4.98 Å². The zero-order valence-corrected chi connectivity index (χ0v) is 17.4. The number of nitrogens with zero attached hydrogens (tertiary/aromatic N) is 2. The third-order valence-corrected chi connectivity index (χ3v) is 5.47. The van der Waals surface area contributed by atoms with Gasteiger partial charge in [-0.1, -0.05) is 31.2 Å². The highest BCUT2D eigenvalue weighted by atomic mass is 35.5. The number of pyridine rings is 1. The van der Waals surface area contributed by atoms with E-state index in [4.69, 9.17) is 0 Å². The summed E-state index contributed by atoms with van der Waals surface area (Å²) >= 11 is 0. The molecule has 0 saturated carbocycles. The molecule has 0 atom stereocenters. The maximum atomic E-state index is 12.3. The van der Waals surface area contributed by atoms with Gasteiger partial charge in [-0.15, -0.1) is 12.4 Å². The van der Waals surface area contributed by atoms with Crippen molar-refractivity contribution in [3.05, 3.63) is 66.5 Å². The third kappa shape index (κ3) is 5.18. The average Bonchev–Trinajstić information content (AvgIpc) is 2.74. The Labute approximate surface area is 177 Å². The van der Waals surface area contributed by atoms with Crippen molar-refractivity contribution in [1.29, 1.82) is 0 Å². The van der Waals surface area contributed by atoms with Crippen molar-refractivity contribution in [2.75, 3.05) is 23.3 Å². The van der Waals surface area contributed by atoms with E-state index in [-0.39, 0.29) is 18.4 Å². The van der Waals surface area contributed by atoms with Crippen LogP contribution in [0.25, 0.3) is 10.8 Å². The van der Waals surface area contributed by atoms with E-state index >= 15 is 0 Å². The van der Waals surface area contributed by atoms with E-state index < -0.39 is 0 Å². The van der Waals surface area contributed by atoms with Crippen molar-refractivity contribution >= 4 is 40.6 Å². The number of fused-ring (bicyclic) bond motifs is 1. The van der Waals surface area contributed by atoms with Gasteiger partial charge in [-0.2, -0.15) is 0 Å². The quantitative estimate of drug-likeness (QED) is 0.620. The molecule has 1 aromatic heterocycles. The maximum Gasteiger partial charge on any atom is 0.319 e. The second-order valence-electron chi connectivity index (χ2n) is 7.55. The van der Waals surface area contributed by atoms with E-state index in [1.807, 2.05) is 24.3 Å². The minimum Gasteiger partial charge on any atom is -0.372 e. The molecule has 2 heterocycles. The highest BCUT2D eigenvalue weighted by molar-refractivity contribution is 6.01. The summed E-state index contributed by atoms with van der Waals surface area (Å²) in [6, 6.07) is 16.0. The molecule has 2 amide bonds. The molecule has 0 radical (unpaired) electrons. The molecule has 6 heteroatoms. The topological polar surface area (TPSA) is 57.3 Å². The number of aromatic nitrogens is 1. The predicted octanol–water partition coefficient (Wildman–Crippen LogP) is 5.21. The van der Waals surface area contributed by atoms with Crippen LogP contribution in [-0.4, -0.2) is 24.1 Å². The van der Waals surface area contributed by atoms with Crippen LogP contribution >= 0.6 is 12.4 Å². The van der Waals surface area contributed by atoms with Crippen LogP contribution in [0.4, 0.5) is 16.2 Å². The Kier molecular flexibility index (Phi) is 6.94. The van der Waals surface area contributed by atoms with Gasteiger partial charge in [-0.25, -0.2) is 4.79 Å². The van der Waals surface area contributed by atoms with Crippen LogP contribution in [0, 0.1) is 5.92 Å². The summed E-state index contributed by atoms with van der Waals surface area (Å²) in [7, 11) is 0. The van der Waals surface area contributed by atoms with E-state index in [1.165, 1.54) is 18.5 Å². The first-order valence-electron chi connectivity index (χ1n) is 9.90. The molecule has 152 valence electrons. The number of carbonyl (C=O) groups excluding carboxylic acids is 1. The second-order valence-corrected chi connectivity index (χ2v) is 7.55. The number of halogens is 1. The van der Waals surface area contributed by atoms with Crippen molar-refractivity contribution in [1.82, 2.24) is 10.3 Å². The first kappa shape index (κ1) is 20.9. The van der Waals surface area contributed by atoms with Gasteiger partial charge in [0.2, 0.25) is 0 Å². The molecule has 4 rings (SSSR count). The van der Waals surface area contributed by atoms with Crippen LogP contribution < -0.4 is 15.5 Å². The number of hydrogen-bond acceptors (Lipinski definition) is 3. The standard InChI is InChI=1S/C23H26N4O.ClH/c1-17-10-13-27(14-11-17)20-7-5-18(6-8-20)15-25-23(28)26-22-4-2-3-19-16-24-12-9-21(19)22;/h2-9,12,16-17H,10-11,13-15H2,1H3,(H2,25,26,28);1H. The number of carbonyl (C=O) groups is 1. The van der Waals surface area contributed by atoms with E-state index in [9.17, 15) is 4.79 Å². The number of rotatable bonds is 4. The van der Waals surface area contributed by atoms with E-state index in [1.54, 1.807) is 12.4 Å². The zero-order valence-electron chi connectivity index (χ0n) is 16.6. The third-order valence-electron chi connectivity index (χ3n) is 5.47. The molecule has 2 aromatic carbocycles. The lowest BCUT2D eigenvalue weighted by molar-refractivity contribution is 0.252. The average molecular weight is 411 g/mol. The number of hydrogen-bond donors (Lipinski definition) is 2. The molecule has 0 unspecified atom stereocenters. The summed E-state index contributed by atoms with van der Waals surface area (Å²) in [6.07, 6.45) is 6.04. The van der Waals surface area contributed by atoms with E-state index in [0.717, 1.165) is 41.0 Å². The second kappa shape index (κ2) is 9.61. The van der Waals surface area contributed by atoms with Gasteiger partial charge in [0.15, 0.2) is 0 Å². The Morgan fingerprint density at radius 3 is 2.62 bits per heavy atom. The number of urea groups is 1. The number of amides is 2. The summed E-state index contributed by atoms with van der Waals surface area (Å²) in [5, 5.41) is 7.86. The molecule has 1 fully saturated rings. The highest BCUT2D eigenvalue weighted by Crippen LogP contribution is 2.24. The minimum atomic E-state index is -0.210. The fourth-order valence-electron chi connectivity index (χ4n) is 3.67. The van der Waals surface area contributed by atoms with E-state index in [2.05, 4.69) is 51.7 Å². The molecule has 1 aliphatic rings. The van der Waals surface area contributed by atoms with Crippen molar-refractivity contribution in [3.63, 3.8) is 0 Å². The van der Waals surface area contributed by atoms with Crippen molar-refractivity contribution in [2.45, 2.75) is 26.3 Å². The SMILES string of the molecule is CC1CCN(c2ccc(CNC(=O)Nc3cccc4cnccc34)cc2)CC1.Cl. The number of anilines is 2. The predicted molar refractivity (Wildman–Crippen MR) is 122 cm³/mol. The molecule has 0 bridgehead atoms. The Hall–Kier alpha value is -2.79. The van der Waals surface area contributed by atoms with Crippen molar-refractivity contribution in [2.24, 2.45) is 5.92 Å². The lowest BCUT2D eigenvalue weighted by Crippen LogP contribution is -2.32. The van der Waals surface area contributed by atoms with Gasteiger partial charge in [0.1, 0.15) is 0 Å². The zero-order chi connectivity index (χ0) is 19.3. The van der Waals surface area contributed by atoms with Crippen molar-refractivity contribution in [3.8, 4) is 0 Å². The Balaban J connectivity index is 0.00000240. The Morgan fingerprint density at radius 2 is 1.86 bits per heavy atom. The molecule has 0 spiro atoms. The first-order valence-corrected chi connectivity index (χ1v) is 9.90. The molecular weight excluding hydrogens is 384 g/mol. The number of piperidine rings is 1. The molecule has 1 aliphatic heterocycles. The molecule has 2 N–H and O–H groups in total. The van der Waals surface area contributed by atoms with Crippen LogP contribution in [0.5, 0.6) is 0 Å². The summed E-state index contributed by atoms with van der Waals surface area (Å²) in [6.45, 7) is 5.07. The van der Waals surface area contributed by atoms with Crippen LogP contribution in [0.1, 0.15) is 25.3 Å².